The van der Waals surface area contributed by atoms with Gasteiger partial charge in [0.05, 0.1) is 46.7 Å². The topological polar surface area (TPSA) is 84.6 Å². The van der Waals surface area contributed by atoms with Crippen molar-refractivity contribution in [1.82, 2.24) is 19.7 Å². The SMILES string of the molecule is COC1CN(C(=O)Nc2nc3n(n2)-c2ccc(C(F)(F)F)c(Cl)c2C(c2c(F)cccc2F)=N[C@H]3C)C1. The Kier molecular flexibility index (Phi) is 6.15. The number of amides is 2. The molecular formula is C23H18ClF5N6O2. The molecule has 14 heteroatoms. The predicted molar refractivity (Wildman–Crippen MR) is 123 cm³/mol. The van der Waals surface area contributed by atoms with Gasteiger partial charge in [0, 0.05) is 12.7 Å². The number of nitrogens with one attached hydrogen (secondary N) is 1. The summed E-state index contributed by atoms with van der Waals surface area (Å²) in [6.07, 6.45) is -4.94. The van der Waals surface area contributed by atoms with E-state index in [0.717, 1.165) is 35.0 Å². The van der Waals surface area contributed by atoms with E-state index in [1.807, 2.05) is 0 Å². The van der Waals surface area contributed by atoms with Gasteiger partial charge in [-0.15, -0.1) is 5.10 Å². The van der Waals surface area contributed by atoms with Crippen LogP contribution in [0, 0.1) is 11.6 Å². The number of aliphatic imine (C=N–C) groups is 1. The van der Waals surface area contributed by atoms with Crippen molar-refractivity contribution in [2.75, 3.05) is 25.5 Å². The molecule has 0 bridgehead atoms. The molecule has 1 N–H and O–H groups in total. The molecule has 0 unspecified atom stereocenters. The molecule has 0 radical (unpaired) electrons. The normalized spacial score (nSPS) is 17.5. The van der Waals surface area contributed by atoms with Crippen LogP contribution in [0.5, 0.6) is 0 Å². The highest BCUT2D eigenvalue weighted by molar-refractivity contribution is 6.37. The lowest BCUT2D eigenvalue weighted by atomic mass is 9.97. The summed E-state index contributed by atoms with van der Waals surface area (Å²) in [5, 5.41) is 5.97. The molecule has 1 atom stereocenters. The van der Waals surface area contributed by atoms with E-state index in [-0.39, 0.29) is 29.1 Å². The maximum Gasteiger partial charge on any atom is 0.417 e. The number of likely N-dealkylation sites (tertiary alicyclic amines) is 1. The summed E-state index contributed by atoms with van der Waals surface area (Å²) in [4.78, 5) is 22.6. The fourth-order valence-electron chi connectivity index (χ4n) is 4.17. The third-order valence-electron chi connectivity index (χ3n) is 6.11. The second-order valence-electron chi connectivity index (χ2n) is 8.47. The predicted octanol–water partition coefficient (Wildman–Crippen LogP) is 4.99. The van der Waals surface area contributed by atoms with Crippen LogP contribution in [0.25, 0.3) is 5.69 Å². The van der Waals surface area contributed by atoms with Crippen molar-refractivity contribution in [2.45, 2.75) is 25.2 Å². The number of hydrogen-bond donors (Lipinski definition) is 1. The molecule has 1 fully saturated rings. The second-order valence-corrected chi connectivity index (χ2v) is 8.85. The highest BCUT2D eigenvalue weighted by Crippen LogP contribution is 2.42. The van der Waals surface area contributed by atoms with Crippen molar-refractivity contribution in [3.05, 3.63) is 69.5 Å². The van der Waals surface area contributed by atoms with E-state index in [1.165, 1.54) is 18.9 Å². The number of hydrogen-bond acceptors (Lipinski definition) is 5. The van der Waals surface area contributed by atoms with Gasteiger partial charge in [-0.3, -0.25) is 10.3 Å². The molecule has 2 amide bonds. The Morgan fingerprint density at radius 1 is 1.14 bits per heavy atom. The molecule has 5 rings (SSSR count). The van der Waals surface area contributed by atoms with E-state index >= 15 is 0 Å². The molecule has 194 valence electrons. The third kappa shape index (κ3) is 4.31. The zero-order valence-electron chi connectivity index (χ0n) is 19.3. The molecular weight excluding hydrogens is 523 g/mol. The zero-order chi connectivity index (χ0) is 26.6. The number of methoxy groups -OCH3 is 1. The summed E-state index contributed by atoms with van der Waals surface area (Å²) < 4.78 is 77.1. The fraction of sp³-hybridized carbons (Fsp3) is 0.304. The lowest BCUT2D eigenvalue weighted by Crippen LogP contribution is -2.55. The molecule has 1 aromatic heterocycles. The minimum Gasteiger partial charge on any atom is -0.378 e. The molecule has 2 aliphatic heterocycles. The second kappa shape index (κ2) is 9.06. The summed E-state index contributed by atoms with van der Waals surface area (Å²) >= 11 is 6.24. The number of carbonyl (C=O) groups is 1. The van der Waals surface area contributed by atoms with Gasteiger partial charge in [-0.1, -0.05) is 17.7 Å². The van der Waals surface area contributed by atoms with Crippen molar-refractivity contribution in [3.8, 4) is 5.69 Å². The van der Waals surface area contributed by atoms with E-state index in [0.29, 0.717) is 13.1 Å². The minimum atomic E-state index is -4.86. The number of halogens is 6. The number of rotatable bonds is 3. The largest absolute Gasteiger partial charge is 0.417 e. The van der Waals surface area contributed by atoms with E-state index in [1.54, 1.807) is 0 Å². The molecule has 2 aromatic carbocycles. The highest BCUT2D eigenvalue weighted by atomic mass is 35.5. The summed E-state index contributed by atoms with van der Waals surface area (Å²) in [6.45, 7) is 2.26. The van der Waals surface area contributed by atoms with E-state index < -0.39 is 51.7 Å². The zero-order valence-corrected chi connectivity index (χ0v) is 20.0. The van der Waals surface area contributed by atoms with Crippen molar-refractivity contribution < 1.29 is 31.5 Å². The molecule has 2 aliphatic rings. The van der Waals surface area contributed by atoms with Crippen molar-refractivity contribution >= 4 is 29.3 Å². The monoisotopic (exact) mass is 540 g/mol. The summed E-state index contributed by atoms with van der Waals surface area (Å²) in [6, 6.07) is 3.42. The van der Waals surface area contributed by atoms with Gasteiger partial charge in [0.15, 0.2) is 5.82 Å². The van der Waals surface area contributed by atoms with Gasteiger partial charge in [-0.05, 0) is 31.2 Å². The number of fused-ring (bicyclic) bond motifs is 3. The number of aromatic nitrogens is 3. The van der Waals surface area contributed by atoms with E-state index in [4.69, 9.17) is 16.3 Å². The Morgan fingerprint density at radius 2 is 1.81 bits per heavy atom. The number of urea groups is 1. The Bertz CT molecular complexity index is 1410. The quantitative estimate of drug-likeness (QED) is 0.474. The van der Waals surface area contributed by atoms with Gasteiger partial charge in [0.25, 0.3) is 5.95 Å². The van der Waals surface area contributed by atoms with Crippen LogP contribution < -0.4 is 5.32 Å². The lowest BCUT2D eigenvalue weighted by Gasteiger charge is -2.37. The van der Waals surface area contributed by atoms with Gasteiger partial charge >= 0.3 is 12.2 Å². The van der Waals surface area contributed by atoms with Crippen LogP contribution in [0.4, 0.5) is 32.7 Å². The van der Waals surface area contributed by atoms with Crippen LogP contribution in [-0.4, -0.2) is 57.7 Å². The maximum atomic E-state index is 14.8. The molecule has 0 aliphatic carbocycles. The first-order valence-electron chi connectivity index (χ1n) is 11.0. The smallest absolute Gasteiger partial charge is 0.378 e. The van der Waals surface area contributed by atoms with Gasteiger partial charge in [-0.25, -0.2) is 18.3 Å². The van der Waals surface area contributed by atoms with Crippen molar-refractivity contribution in [1.29, 1.82) is 0 Å². The van der Waals surface area contributed by atoms with Crippen LogP contribution in [0.3, 0.4) is 0 Å². The number of ether oxygens (including phenoxy) is 1. The van der Waals surface area contributed by atoms with Gasteiger partial charge in [0.1, 0.15) is 17.7 Å². The molecule has 3 aromatic rings. The first-order chi connectivity index (χ1) is 17.5. The number of carbonyl (C=O) groups excluding carboxylic acids is 1. The summed E-state index contributed by atoms with van der Waals surface area (Å²) in [7, 11) is 1.53. The Hall–Kier alpha value is -3.58. The van der Waals surface area contributed by atoms with Crippen molar-refractivity contribution in [3.63, 3.8) is 0 Å². The molecule has 3 heterocycles. The maximum absolute atomic E-state index is 14.8. The molecule has 37 heavy (non-hydrogen) atoms. The molecule has 0 spiro atoms. The Morgan fingerprint density at radius 3 is 2.43 bits per heavy atom. The van der Waals surface area contributed by atoms with Gasteiger partial charge in [-0.2, -0.15) is 18.2 Å². The average Bonchev–Trinajstić information content (AvgIpc) is 3.15. The highest BCUT2D eigenvalue weighted by Gasteiger charge is 2.38. The van der Waals surface area contributed by atoms with E-state index in [9.17, 15) is 26.7 Å². The molecule has 8 nitrogen and oxygen atoms in total. The summed E-state index contributed by atoms with van der Waals surface area (Å²) in [5.74, 6) is -2.09. The van der Waals surface area contributed by atoms with Crippen LogP contribution >= 0.6 is 11.6 Å². The van der Waals surface area contributed by atoms with Gasteiger partial charge < -0.3 is 9.64 Å². The lowest BCUT2D eigenvalue weighted by molar-refractivity contribution is -0.137. The molecule has 0 saturated carbocycles. The number of anilines is 1. The molecule has 1 saturated heterocycles. The minimum absolute atomic E-state index is 0.0462. The van der Waals surface area contributed by atoms with E-state index in [2.05, 4.69) is 20.4 Å². The number of nitrogens with zero attached hydrogens (tertiary/aromatic N) is 5. The standard InChI is InChI=1S/C23H18ClF5N6O2/c1-10-20-31-21(32-22(36)34-8-11(9-34)37-2)33-35(20)15-7-6-12(23(27,28)29)18(24)17(15)19(30-10)16-13(25)4-3-5-14(16)26/h3-7,10-11H,8-9H2,1-2H3,(H,32,33,36)/t10-/m0/s1. The van der Waals surface area contributed by atoms with Crippen LogP contribution in [-0.2, 0) is 10.9 Å². The Balaban J connectivity index is 1.65. The van der Waals surface area contributed by atoms with Crippen molar-refractivity contribution in [2.24, 2.45) is 4.99 Å². The summed E-state index contributed by atoms with van der Waals surface area (Å²) in [5.41, 5.74) is -2.69. The third-order valence-corrected chi connectivity index (χ3v) is 6.50. The van der Waals surface area contributed by atoms with Crippen LogP contribution in [0.15, 0.2) is 35.3 Å². The number of alkyl halides is 3. The average molecular weight is 541 g/mol. The van der Waals surface area contributed by atoms with Crippen LogP contribution in [0.1, 0.15) is 35.5 Å². The first kappa shape index (κ1) is 25.1. The Labute approximate surface area is 211 Å². The van der Waals surface area contributed by atoms with Crippen LogP contribution in [0.2, 0.25) is 5.02 Å². The fourth-order valence-corrected chi connectivity index (χ4v) is 4.53. The first-order valence-corrected chi connectivity index (χ1v) is 11.4. The number of benzene rings is 2. The van der Waals surface area contributed by atoms with Gasteiger partial charge in [0.2, 0.25) is 0 Å².